The van der Waals surface area contributed by atoms with E-state index in [0.29, 0.717) is 16.4 Å². The summed E-state index contributed by atoms with van der Waals surface area (Å²) in [6.45, 7) is 0. The van der Waals surface area contributed by atoms with E-state index in [2.05, 4.69) is 20.7 Å². The number of rotatable bonds is 4. The van der Waals surface area contributed by atoms with Crippen molar-refractivity contribution >= 4 is 33.3 Å². The predicted molar refractivity (Wildman–Crippen MR) is 91.7 cm³/mol. The third kappa shape index (κ3) is 2.89. The van der Waals surface area contributed by atoms with Gasteiger partial charge in [0.25, 0.3) is 0 Å². The zero-order valence-electron chi connectivity index (χ0n) is 12.5. The Hall–Kier alpha value is -3.06. The fraction of sp³-hybridized carbons (Fsp3) is 0.0588. The van der Waals surface area contributed by atoms with Crippen molar-refractivity contribution in [2.24, 2.45) is 0 Å². The van der Waals surface area contributed by atoms with Crippen LogP contribution >= 0.6 is 11.3 Å². The van der Waals surface area contributed by atoms with E-state index in [4.69, 9.17) is 4.52 Å². The topological polar surface area (TPSA) is 80.9 Å². The Morgan fingerprint density at radius 3 is 2.71 bits per heavy atom. The van der Waals surface area contributed by atoms with Crippen molar-refractivity contribution in [2.75, 3.05) is 5.32 Å². The van der Waals surface area contributed by atoms with Gasteiger partial charge in [-0.1, -0.05) is 59.0 Å². The second kappa shape index (κ2) is 6.21. The van der Waals surface area contributed by atoms with Crippen LogP contribution in [0.5, 0.6) is 0 Å². The van der Waals surface area contributed by atoms with E-state index in [1.165, 1.54) is 11.3 Å². The summed E-state index contributed by atoms with van der Waals surface area (Å²) in [5.74, 6) is -0.204. The van der Waals surface area contributed by atoms with Crippen LogP contribution < -0.4 is 5.32 Å². The smallest absolute Gasteiger partial charge is 0.232 e. The minimum absolute atomic E-state index is 0.122. The molecule has 0 fully saturated rings. The van der Waals surface area contributed by atoms with Gasteiger partial charge in [0, 0.05) is 10.9 Å². The van der Waals surface area contributed by atoms with Gasteiger partial charge in [0.05, 0.1) is 6.42 Å². The summed E-state index contributed by atoms with van der Waals surface area (Å²) in [5.41, 5.74) is 2.25. The molecule has 0 aliphatic rings. The fourth-order valence-corrected chi connectivity index (χ4v) is 3.12. The third-order valence-electron chi connectivity index (χ3n) is 3.47. The molecule has 0 aliphatic heterocycles. The minimum Gasteiger partial charge on any atom is -0.356 e. The number of anilines is 1. The van der Waals surface area contributed by atoms with Crippen LogP contribution in [0.1, 0.15) is 5.69 Å². The lowest BCUT2D eigenvalue weighted by atomic mass is 10.2. The molecule has 0 radical (unpaired) electrons. The SMILES string of the molecule is O=C(Cc1noc2ccccc12)Nc1nnc(-c2ccccc2)s1. The number of aromatic nitrogens is 3. The van der Waals surface area contributed by atoms with Gasteiger partial charge in [0.15, 0.2) is 5.58 Å². The molecule has 4 aromatic rings. The van der Waals surface area contributed by atoms with E-state index in [1.54, 1.807) is 0 Å². The van der Waals surface area contributed by atoms with E-state index >= 15 is 0 Å². The van der Waals surface area contributed by atoms with Crippen molar-refractivity contribution in [3.8, 4) is 10.6 Å². The number of carbonyl (C=O) groups is 1. The molecule has 0 spiro atoms. The molecule has 2 aromatic heterocycles. The Kier molecular flexibility index (Phi) is 3.76. The molecule has 4 rings (SSSR count). The molecular weight excluding hydrogens is 324 g/mol. The first kappa shape index (κ1) is 14.5. The summed E-state index contributed by atoms with van der Waals surface area (Å²) in [4.78, 5) is 12.2. The molecule has 1 amide bonds. The summed E-state index contributed by atoms with van der Waals surface area (Å²) in [6, 6.07) is 17.2. The molecule has 0 unspecified atom stereocenters. The van der Waals surface area contributed by atoms with E-state index in [-0.39, 0.29) is 12.3 Å². The van der Waals surface area contributed by atoms with Crippen molar-refractivity contribution in [3.63, 3.8) is 0 Å². The largest absolute Gasteiger partial charge is 0.356 e. The highest BCUT2D eigenvalue weighted by molar-refractivity contribution is 7.18. The van der Waals surface area contributed by atoms with Crippen LogP contribution in [0.3, 0.4) is 0 Å². The molecule has 0 atom stereocenters. The number of hydrogen-bond acceptors (Lipinski definition) is 6. The first-order chi connectivity index (χ1) is 11.8. The van der Waals surface area contributed by atoms with Gasteiger partial charge < -0.3 is 9.84 Å². The van der Waals surface area contributed by atoms with E-state index in [1.807, 2.05) is 54.6 Å². The standard InChI is InChI=1S/C17H12N4O2S/c22-15(10-13-12-8-4-5-9-14(12)23-21-13)18-17-20-19-16(24-17)11-6-2-1-3-7-11/h1-9H,10H2,(H,18,20,22). The van der Waals surface area contributed by atoms with Crippen LogP contribution in [0, 0.1) is 0 Å². The monoisotopic (exact) mass is 336 g/mol. The van der Waals surface area contributed by atoms with Crippen molar-refractivity contribution in [2.45, 2.75) is 6.42 Å². The lowest BCUT2D eigenvalue weighted by Gasteiger charge is -1.98. The molecule has 2 heterocycles. The van der Waals surface area contributed by atoms with Gasteiger partial charge >= 0.3 is 0 Å². The first-order valence-electron chi connectivity index (χ1n) is 7.32. The van der Waals surface area contributed by atoms with E-state index < -0.39 is 0 Å². The molecule has 118 valence electrons. The van der Waals surface area contributed by atoms with E-state index in [9.17, 15) is 4.79 Å². The van der Waals surface area contributed by atoms with E-state index in [0.717, 1.165) is 16.0 Å². The summed E-state index contributed by atoms with van der Waals surface area (Å²) in [7, 11) is 0. The van der Waals surface area contributed by atoms with Gasteiger partial charge in [0.2, 0.25) is 11.0 Å². The second-order valence-electron chi connectivity index (χ2n) is 5.13. The van der Waals surface area contributed by atoms with Gasteiger partial charge in [-0.25, -0.2) is 0 Å². The lowest BCUT2D eigenvalue weighted by molar-refractivity contribution is -0.115. The number of hydrogen-bond donors (Lipinski definition) is 1. The second-order valence-corrected chi connectivity index (χ2v) is 6.11. The van der Waals surface area contributed by atoms with Gasteiger partial charge in [-0.15, -0.1) is 10.2 Å². The number of fused-ring (bicyclic) bond motifs is 1. The normalized spacial score (nSPS) is 10.8. The summed E-state index contributed by atoms with van der Waals surface area (Å²) in [6.07, 6.45) is 0.122. The van der Waals surface area contributed by atoms with Crippen LogP contribution in [0.25, 0.3) is 21.5 Å². The van der Waals surface area contributed by atoms with Crippen LogP contribution in [-0.2, 0) is 11.2 Å². The third-order valence-corrected chi connectivity index (χ3v) is 4.36. The van der Waals surface area contributed by atoms with Crippen LogP contribution in [0.4, 0.5) is 5.13 Å². The highest BCUT2D eigenvalue weighted by atomic mass is 32.1. The summed E-state index contributed by atoms with van der Waals surface area (Å²) >= 11 is 1.33. The highest BCUT2D eigenvalue weighted by Crippen LogP contribution is 2.26. The number of para-hydroxylation sites is 1. The molecule has 2 aromatic carbocycles. The molecule has 6 nitrogen and oxygen atoms in total. The Bertz CT molecular complexity index is 994. The number of benzene rings is 2. The highest BCUT2D eigenvalue weighted by Gasteiger charge is 2.14. The number of nitrogens with one attached hydrogen (secondary N) is 1. The van der Waals surface area contributed by atoms with Crippen LogP contribution in [-0.4, -0.2) is 21.3 Å². The molecule has 0 saturated carbocycles. The first-order valence-corrected chi connectivity index (χ1v) is 8.13. The van der Waals surface area contributed by atoms with Gasteiger partial charge in [0.1, 0.15) is 10.7 Å². The fourth-order valence-electron chi connectivity index (χ4n) is 2.35. The quantitative estimate of drug-likeness (QED) is 0.616. The van der Waals surface area contributed by atoms with Crippen molar-refractivity contribution in [1.29, 1.82) is 0 Å². The maximum Gasteiger partial charge on any atom is 0.232 e. The molecular formula is C17H12N4O2S. The summed E-state index contributed by atoms with van der Waals surface area (Å²) < 4.78 is 5.21. The number of nitrogens with zero attached hydrogens (tertiary/aromatic N) is 3. The molecule has 0 bridgehead atoms. The lowest BCUT2D eigenvalue weighted by Crippen LogP contribution is -2.14. The van der Waals surface area contributed by atoms with Crippen LogP contribution in [0.2, 0.25) is 0 Å². The predicted octanol–water partition coefficient (Wildman–Crippen LogP) is 3.53. The average molecular weight is 336 g/mol. The molecule has 0 aliphatic carbocycles. The Morgan fingerprint density at radius 2 is 1.83 bits per heavy atom. The van der Waals surface area contributed by atoms with Crippen molar-refractivity contribution in [1.82, 2.24) is 15.4 Å². The average Bonchev–Trinajstić information content (AvgIpc) is 3.23. The molecule has 0 saturated heterocycles. The Balaban J connectivity index is 1.48. The molecule has 7 heteroatoms. The molecule has 1 N–H and O–H groups in total. The minimum atomic E-state index is -0.204. The maximum atomic E-state index is 12.2. The van der Waals surface area contributed by atoms with Crippen molar-refractivity contribution in [3.05, 3.63) is 60.3 Å². The Labute approximate surface area is 141 Å². The zero-order chi connectivity index (χ0) is 16.4. The summed E-state index contributed by atoms with van der Waals surface area (Å²) in [5, 5.41) is 16.9. The number of amides is 1. The maximum absolute atomic E-state index is 12.2. The number of carbonyl (C=O) groups excluding carboxylic acids is 1. The Morgan fingerprint density at radius 1 is 1.04 bits per heavy atom. The van der Waals surface area contributed by atoms with Crippen molar-refractivity contribution < 1.29 is 9.32 Å². The zero-order valence-corrected chi connectivity index (χ0v) is 13.3. The van der Waals surface area contributed by atoms with Gasteiger partial charge in [-0.05, 0) is 12.1 Å². The molecule has 24 heavy (non-hydrogen) atoms. The van der Waals surface area contributed by atoms with Crippen LogP contribution in [0.15, 0.2) is 59.1 Å². The van der Waals surface area contributed by atoms with Gasteiger partial charge in [-0.2, -0.15) is 0 Å². The van der Waals surface area contributed by atoms with Gasteiger partial charge in [-0.3, -0.25) is 4.79 Å².